The van der Waals surface area contributed by atoms with Crippen LogP contribution in [-0.2, 0) is 4.74 Å². The van der Waals surface area contributed by atoms with Gasteiger partial charge in [-0.15, -0.1) is 0 Å². The summed E-state index contributed by atoms with van der Waals surface area (Å²) in [7, 11) is 1.68. The molecule has 4 heteroatoms. The van der Waals surface area contributed by atoms with Gasteiger partial charge in [-0.25, -0.2) is 0 Å². The molecule has 0 aliphatic carbocycles. The van der Waals surface area contributed by atoms with Crippen molar-refractivity contribution in [2.45, 2.75) is 13.0 Å². The summed E-state index contributed by atoms with van der Waals surface area (Å²) in [6.45, 7) is 4.60. The van der Waals surface area contributed by atoms with E-state index in [1.807, 2.05) is 6.07 Å². The fraction of sp³-hybridized carbons (Fsp3) is 0.500. The number of morpholine rings is 1. The summed E-state index contributed by atoms with van der Waals surface area (Å²) in [6.07, 6.45) is 0.108. The minimum Gasteiger partial charge on any atom is -0.496 e. The van der Waals surface area contributed by atoms with Gasteiger partial charge in [-0.2, -0.15) is 0 Å². The van der Waals surface area contributed by atoms with E-state index in [2.05, 4.69) is 34.2 Å². The lowest BCUT2D eigenvalue weighted by atomic mass is 10.0. The molecule has 0 saturated carbocycles. The number of benzene rings is 1. The van der Waals surface area contributed by atoms with Gasteiger partial charge < -0.3 is 14.8 Å². The largest absolute Gasteiger partial charge is 0.496 e. The molecule has 1 fully saturated rings. The minimum absolute atomic E-state index is 0.108. The fourth-order valence-corrected chi connectivity index (χ4v) is 2.56. The summed E-state index contributed by atoms with van der Waals surface area (Å²) in [5.74, 6) is 0.865. The zero-order chi connectivity index (χ0) is 11.5. The molecule has 0 bridgehead atoms. The quantitative estimate of drug-likeness (QED) is 0.905. The molecular weight excluding hydrogens is 270 g/mol. The number of hydrogen-bond acceptors (Lipinski definition) is 3. The summed E-state index contributed by atoms with van der Waals surface area (Å²) in [4.78, 5) is 0. The summed E-state index contributed by atoms with van der Waals surface area (Å²) in [6, 6.07) is 4.16. The van der Waals surface area contributed by atoms with Gasteiger partial charge in [-0.1, -0.05) is 6.07 Å². The fourth-order valence-electron chi connectivity index (χ4n) is 1.91. The molecule has 1 aromatic rings. The zero-order valence-electron chi connectivity index (χ0n) is 9.55. The summed E-state index contributed by atoms with van der Waals surface area (Å²) in [5.41, 5.74) is 2.34. The summed E-state index contributed by atoms with van der Waals surface area (Å²) >= 11 is 3.58. The normalized spacial score (nSPS) is 20.8. The van der Waals surface area contributed by atoms with Crippen molar-refractivity contribution in [3.63, 3.8) is 0 Å². The molecule has 0 aromatic heterocycles. The molecule has 1 unspecified atom stereocenters. The van der Waals surface area contributed by atoms with Crippen molar-refractivity contribution in [3.05, 3.63) is 27.7 Å². The van der Waals surface area contributed by atoms with Crippen LogP contribution in [-0.4, -0.2) is 26.8 Å². The molecule has 1 N–H and O–H groups in total. The lowest BCUT2D eigenvalue weighted by Crippen LogP contribution is -2.33. The second-order valence-electron chi connectivity index (χ2n) is 3.93. The number of halogens is 1. The molecule has 1 aromatic carbocycles. The monoisotopic (exact) mass is 285 g/mol. The van der Waals surface area contributed by atoms with E-state index >= 15 is 0 Å². The molecular formula is C12H16BrNO2. The number of ether oxygens (including phenoxy) is 2. The molecule has 3 nitrogen and oxygen atoms in total. The average molecular weight is 286 g/mol. The molecule has 16 heavy (non-hydrogen) atoms. The predicted molar refractivity (Wildman–Crippen MR) is 67.0 cm³/mol. The Morgan fingerprint density at radius 2 is 2.31 bits per heavy atom. The Bertz CT molecular complexity index is 376. The third-order valence-corrected chi connectivity index (χ3v) is 3.55. The van der Waals surface area contributed by atoms with Crippen molar-refractivity contribution in [1.29, 1.82) is 0 Å². The van der Waals surface area contributed by atoms with E-state index in [-0.39, 0.29) is 6.10 Å². The number of nitrogens with one attached hydrogen (secondary N) is 1. The molecule has 1 saturated heterocycles. The lowest BCUT2D eigenvalue weighted by Gasteiger charge is -2.25. The maximum absolute atomic E-state index is 5.75. The Balaban J connectivity index is 2.34. The molecule has 1 aliphatic rings. The van der Waals surface area contributed by atoms with E-state index in [0.29, 0.717) is 0 Å². The SMILES string of the molecule is COc1cc(C)cc(C2CNCCO2)c1Br. The van der Waals surface area contributed by atoms with Gasteiger partial charge >= 0.3 is 0 Å². The van der Waals surface area contributed by atoms with Crippen molar-refractivity contribution < 1.29 is 9.47 Å². The highest BCUT2D eigenvalue weighted by Gasteiger charge is 2.20. The Morgan fingerprint density at radius 1 is 1.50 bits per heavy atom. The first-order valence-corrected chi connectivity index (χ1v) is 6.18. The molecule has 1 atom stereocenters. The van der Waals surface area contributed by atoms with Crippen LogP contribution in [0.1, 0.15) is 17.2 Å². The summed E-state index contributed by atoms with van der Waals surface area (Å²) < 4.78 is 12.1. The van der Waals surface area contributed by atoms with Crippen molar-refractivity contribution in [2.75, 3.05) is 26.8 Å². The van der Waals surface area contributed by atoms with Crippen LogP contribution in [0.3, 0.4) is 0 Å². The first-order valence-electron chi connectivity index (χ1n) is 5.38. The van der Waals surface area contributed by atoms with E-state index in [1.54, 1.807) is 7.11 Å². The molecule has 0 radical (unpaired) electrons. The first-order chi connectivity index (χ1) is 7.72. The maximum atomic E-state index is 5.75. The van der Waals surface area contributed by atoms with Gasteiger partial charge in [0.05, 0.1) is 24.3 Å². The molecule has 1 aliphatic heterocycles. The van der Waals surface area contributed by atoms with Crippen LogP contribution in [0.5, 0.6) is 5.75 Å². The van der Waals surface area contributed by atoms with Crippen LogP contribution < -0.4 is 10.1 Å². The average Bonchev–Trinajstić information content (AvgIpc) is 2.33. The van der Waals surface area contributed by atoms with Gasteiger partial charge in [-0.3, -0.25) is 0 Å². The van der Waals surface area contributed by atoms with Crippen molar-refractivity contribution >= 4 is 15.9 Å². The topological polar surface area (TPSA) is 30.5 Å². The van der Waals surface area contributed by atoms with E-state index < -0.39 is 0 Å². The highest BCUT2D eigenvalue weighted by atomic mass is 79.9. The highest BCUT2D eigenvalue weighted by Crippen LogP contribution is 2.35. The molecule has 0 spiro atoms. The Hall–Kier alpha value is -0.580. The van der Waals surface area contributed by atoms with Crippen LogP contribution in [0.4, 0.5) is 0 Å². The first kappa shape index (κ1) is 11.9. The molecule has 2 rings (SSSR count). The molecule has 88 valence electrons. The van der Waals surface area contributed by atoms with Gasteiger partial charge in [0.1, 0.15) is 5.75 Å². The standard InChI is InChI=1S/C12H16BrNO2/c1-8-5-9(11-7-14-3-4-16-11)12(13)10(6-8)15-2/h5-6,11,14H,3-4,7H2,1-2H3. The Kier molecular flexibility index (Phi) is 3.84. The van der Waals surface area contributed by atoms with E-state index in [0.717, 1.165) is 35.5 Å². The van der Waals surface area contributed by atoms with Crippen LogP contribution in [0.15, 0.2) is 16.6 Å². The Morgan fingerprint density at radius 3 is 2.94 bits per heavy atom. The summed E-state index contributed by atoms with van der Waals surface area (Å²) in [5, 5.41) is 3.33. The molecule has 1 heterocycles. The second kappa shape index (κ2) is 5.17. The highest BCUT2D eigenvalue weighted by molar-refractivity contribution is 9.10. The Labute approximate surface area is 104 Å². The number of methoxy groups -OCH3 is 1. The van der Waals surface area contributed by atoms with E-state index in [9.17, 15) is 0 Å². The van der Waals surface area contributed by atoms with Crippen LogP contribution in [0.2, 0.25) is 0 Å². The van der Waals surface area contributed by atoms with E-state index in [1.165, 1.54) is 5.56 Å². The smallest absolute Gasteiger partial charge is 0.133 e. The lowest BCUT2D eigenvalue weighted by molar-refractivity contribution is 0.0271. The van der Waals surface area contributed by atoms with Crippen LogP contribution in [0, 0.1) is 6.92 Å². The van der Waals surface area contributed by atoms with Gasteiger partial charge in [0.25, 0.3) is 0 Å². The van der Waals surface area contributed by atoms with Gasteiger partial charge in [0, 0.05) is 18.7 Å². The maximum Gasteiger partial charge on any atom is 0.133 e. The van der Waals surface area contributed by atoms with Crippen molar-refractivity contribution in [1.82, 2.24) is 5.32 Å². The number of rotatable bonds is 2. The van der Waals surface area contributed by atoms with Crippen LogP contribution >= 0.6 is 15.9 Å². The third kappa shape index (κ3) is 2.39. The predicted octanol–water partition coefficient (Wildman–Crippen LogP) is 2.43. The third-order valence-electron chi connectivity index (χ3n) is 2.71. The van der Waals surface area contributed by atoms with Gasteiger partial charge in [-0.05, 0) is 34.5 Å². The van der Waals surface area contributed by atoms with Gasteiger partial charge in [0.2, 0.25) is 0 Å². The zero-order valence-corrected chi connectivity index (χ0v) is 11.1. The van der Waals surface area contributed by atoms with Crippen molar-refractivity contribution in [2.24, 2.45) is 0 Å². The van der Waals surface area contributed by atoms with Gasteiger partial charge in [0.15, 0.2) is 0 Å². The number of aryl methyl sites for hydroxylation is 1. The number of hydrogen-bond donors (Lipinski definition) is 1. The molecule has 0 amide bonds. The van der Waals surface area contributed by atoms with Crippen molar-refractivity contribution in [3.8, 4) is 5.75 Å². The van der Waals surface area contributed by atoms with Crippen LogP contribution in [0.25, 0.3) is 0 Å². The second-order valence-corrected chi connectivity index (χ2v) is 4.73. The van der Waals surface area contributed by atoms with E-state index in [4.69, 9.17) is 9.47 Å². The minimum atomic E-state index is 0.108.